The van der Waals surface area contributed by atoms with E-state index in [0.29, 0.717) is 54.8 Å². The minimum Gasteiger partial charge on any atom is -0.672 e. The second kappa shape index (κ2) is 8.99. The van der Waals surface area contributed by atoms with Crippen molar-refractivity contribution >= 4 is 11.6 Å². The first kappa shape index (κ1) is 21.8. The van der Waals surface area contributed by atoms with Crippen molar-refractivity contribution in [2.45, 2.75) is 12.9 Å². The lowest BCUT2D eigenvalue weighted by Crippen LogP contribution is -2.47. The molecule has 0 atom stereocenters. The predicted molar refractivity (Wildman–Crippen MR) is 113 cm³/mol. The molecule has 6 nitrogen and oxygen atoms in total. The molecule has 1 aliphatic rings. The Morgan fingerprint density at radius 1 is 0.906 bits per heavy atom. The normalized spacial score (nSPS) is 14.5. The van der Waals surface area contributed by atoms with Gasteiger partial charge in [-0.2, -0.15) is 0 Å². The predicted octanol–water partition coefficient (Wildman–Crippen LogP) is 5.06. The largest absolute Gasteiger partial charge is 0.672 e. The van der Waals surface area contributed by atoms with E-state index in [2.05, 4.69) is 14.7 Å². The molecule has 1 aliphatic heterocycles. The number of nitrogens with zero attached hydrogens (tertiary/aromatic N) is 4. The maximum atomic E-state index is 14.1. The van der Waals surface area contributed by atoms with E-state index < -0.39 is 6.36 Å². The molecule has 2 aromatic carbocycles. The lowest BCUT2D eigenvalue weighted by Gasteiger charge is -2.36. The Hall–Kier alpha value is -3.40. The fourth-order valence-corrected chi connectivity index (χ4v) is 3.55. The first-order valence-electron chi connectivity index (χ1n) is 9.95. The van der Waals surface area contributed by atoms with E-state index in [-0.39, 0.29) is 18.1 Å². The Balaban J connectivity index is 1.52. The summed E-state index contributed by atoms with van der Waals surface area (Å²) in [6, 6.07) is 13.7. The molecular weight excluding hydrogens is 426 g/mol. The number of benzene rings is 2. The fourth-order valence-electron chi connectivity index (χ4n) is 3.55. The van der Waals surface area contributed by atoms with Gasteiger partial charge < -0.3 is 20.3 Å². The SMILES string of the molecule is [NH-]Cc1cc(-c2ccc(OC(F)(F)F)cc2)nc(N2CCN(c3ccccc3F)CC2)n1. The van der Waals surface area contributed by atoms with Crippen LogP contribution in [0.1, 0.15) is 5.69 Å². The van der Waals surface area contributed by atoms with Crippen LogP contribution in [0.25, 0.3) is 17.0 Å². The van der Waals surface area contributed by atoms with Gasteiger partial charge in [0.2, 0.25) is 5.95 Å². The Bertz CT molecular complexity index is 1070. The maximum Gasteiger partial charge on any atom is 0.573 e. The van der Waals surface area contributed by atoms with Gasteiger partial charge in [-0.1, -0.05) is 12.1 Å². The standard InChI is InChI=1S/C22H20F4N5O/c23-18-3-1-2-4-20(18)30-9-11-31(12-10-30)21-28-16(14-27)13-19(29-21)15-5-7-17(8-6-15)32-22(24,25)26/h1-8,13,27H,9-12,14H2/q-1. The Kier molecular flexibility index (Phi) is 6.13. The van der Waals surface area contributed by atoms with Crippen LogP contribution >= 0.6 is 0 Å². The van der Waals surface area contributed by atoms with Crippen molar-refractivity contribution in [2.75, 3.05) is 36.0 Å². The first-order chi connectivity index (χ1) is 15.3. The first-order valence-corrected chi connectivity index (χ1v) is 9.95. The molecule has 32 heavy (non-hydrogen) atoms. The molecule has 0 unspecified atom stereocenters. The van der Waals surface area contributed by atoms with Crippen molar-refractivity contribution in [2.24, 2.45) is 0 Å². The zero-order valence-electron chi connectivity index (χ0n) is 16.9. The summed E-state index contributed by atoms with van der Waals surface area (Å²) < 4.78 is 55.2. The number of para-hydroxylation sites is 1. The molecule has 0 aliphatic carbocycles. The van der Waals surface area contributed by atoms with Crippen LogP contribution in [0, 0.1) is 5.82 Å². The van der Waals surface area contributed by atoms with Gasteiger partial charge in [0.25, 0.3) is 0 Å². The summed E-state index contributed by atoms with van der Waals surface area (Å²) in [5, 5.41) is 0. The van der Waals surface area contributed by atoms with Crippen molar-refractivity contribution in [1.29, 1.82) is 0 Å². The average Bonchev–Trinajstić information content (AvgIpc) is 2.79. The maximum absolute atomic E-state index is 14.1. The number of rotatable bonds is 5. The van der Waals surface area contributed by atoms with Gasteiger partial charge >= 0.3 is 6.36 Å². The molecule has 0 amide bonds. The van der Waals surface area contributed by atoms with Gasteiger partial charge in [-0.05, 0) is 42.5 Å². The van der Waals surface area contributed by atoms with E-state index in [9.17, 15) is 17.6 Å². The lowest BCUT2D eigenvalue weighted by atomic mass is 10.1. The molecule has 0 saturated carbocycles. The molecule has 10 heteroatoms. The number of ether oxygens (including phenoxy) is 1. The zero-order valence-corrected chi connectivity index (χ0v) is 16.9. The van der Waals surface area contributed by atoms with Crippen LogP contribution in [0.2, 0.25) is 0 Å². The van der Waals surface area contributed by atoms with Crippen LogP contribution in [-0.2, 0) is 6.54 Å². The fraction of sp³-hybridized carbons (Fsp3) is 0.273. The van der Waals surface area contributed by atoms with Crippen molar-refractivity contribution in [1.82, 2.24) is 9.97 Å². The Morgan fingerprint density at radius 3 is 2.19 bits per heavy atom. The molecule has 0 radical (unpaired) electrons. The van der Waals surface area contributed by atoms with Crippen LogP contribution in [0.4, 0.5) is 29.2 Å². The molecule has 168 valence electrons. The number of nitrogens with one attached hydrogen (secondary N) is 1. The highest BCUT2D eigenvalue weighted by molar-refractivity contribution is 5.62. The molecule has 1 aromatic heterocycles. The number of piperazine rings is 1. The highest BCUT2D eigenvalue weighted by Gasteiger charge is 2.31. The van der Waals surface area contributed by atoms with E-state index in [1.807, 2.05) is 9.80 Å². The summed E-state index contributed by atoms with van der Waals surface area (Å²) in [6.45, 7) is 2.22. The molecule has 3 aromatic rings. The number of hydrogen-bond donors (Lipinski definition) is 0. The smallest absolute Gasteiger partial charge is 0.573 e. The van der Waals surface area contributed by atoms with Crippen molar-refractivity contribution in [3.05, 3.63) is 71.8 Å². The van der Waals surface area contributed by atoms with Crippen LogP contribution < -0.4 is 14.5 Å². The van der Waals surface area contributed by atoms with Crippen LogP contribution in [0.5, 0.6) is 5.75 Å². The molecule has 2 heterocycles. The van der Waals surface area contributed by atoms with Gasteiger partial charge in [0.1, 0.15) is 11.6 Å². The topological polar surface area (TPSA) is 65.3 Å². The van der Waals surface area contributed by atoms with Crippen LogP contribution in [0.3, 0.4) is 0 Å². The second-order valence-electron chi connectivity index (χ2n) is 7.22. The number of aromatic nitrogens is 2. The monoisotopic (exact) mass is 446 g/mol. The van der Waals surface area contributed by atoms with E-state index in [0.717, 1.165) is 0 Å². The van der Waals surface area contributed by atoms with Gasteiger partial charge in [-0.3, -0.25) is 0 Å². The highest BCUT2D eigenvalue weighted by atomic mass is 19.4. The summed E-state index contributed by atoms with van der Waals surface area (Å²) in [6.07, 6.45) is -4.76. The lowest BCUT2D eigenvalue weighted by molar-refractivity contribution is -0.274. The zero-order chi connectivity index (χ0) is 22.7. The summed E-state index contributed by atoms with van der Waals surface area (Å²) in [4.78, 5) is 12.9. The summed E-state index contributed by atoms with van der Waals surface area (Å²) >= 11 is 0. The van der Waals surface area contributed by atoms with E-state index >= 15 is 0 Å². The highest BCUT2D eigenvalue weighted by Crippen LogP contribution is 2.28. The Labute approximate surface area is 182 Å². The molecule has 1 fully saturated rings. The number of hydrogen-bond acceptors (Lipinski definition) is 5. The van der Waals surface area contributed by atoms with Crippen molar-refractivity contribution in [3.8, 4) is 17.0 Å². The number of alkyl halides is 3. The summed E-state index contributed by atoms with van der Waals surface area (Å²) in [5.74, 6) is -0.150. The molecular formula is C22H20F4N5O-. The van der Waals surface area contributed by atoms with Crippen LogP contribution in [-0.4, -0.2) is 42.5 Å². The number of halogens is 4. The van der Waals surface area contributed by atoms with Crippen LogP contribution in [0.15, 0.2) is 54.6 Å². The average molecular weight is 446 g/mol. The van der Waals surface area contributed by atoms with Gasteiger partial charge in [-0.25, -0.2) is 14.4 Å². The molecule has 0 bridgehead atoms. The van der Waals surface area contributed by atoms with Gasteiger partial charge in [0.15, 0.2) is 0 Å². The second-order valence-corrected chi connectivity index (χ2v) is 7.22. The molecule has 4 rings (SSSR count). The number of anilines is 2. The molecule has 1 saturated heterocycles. The minimum absolute atomic E-state index is 0.0625. The third kappa shape index (κ3) is 5.08. The van der Waals surface area contributed by atoms with Gasteiger partial charge in [-0.15, -0.1) is 19.7 Å². The molecule has 1 N–H and O–H groups in total. The molecule has 0 spiro atoms. The van der Waals surface area contributed by atoms with Gasteiger partial charge in [0, 0.05) is 37.4 Å². The van der Waals surface area contributed by atoms with E-state index in [1.165, 1.54) is 30.3 Å². The quantitative estimate of drug-likeness (QED) is 0.513. The van der Waals surface area contributed by atoms with Crippen molar-refractivity contribution in [3.63, 3.8) is 0 Å². The third-order valence-electron chi connectivity index (χ3n) is 5.09. The van der Waals surface area contributed by atoms with Gasteiger partial charge in [0.05, 0.1) is 11.4 Å². The third-order valence-corrected chi connectivity index (χ3v) is 5.09. The van der Waals surface area contributed by atoms with Crippen molar-refractivity contribution < 1.29 is 22.3 Å². The summed E-state index contributed by atoms with van der Waals surface area (Å²) in [5.41, 5.74) is 9.85. The minimum atomic E-state index is -4.76. The van der Waals surface area contributed by atoms with E-state index in [1.54, 1.807) is 24.3 Å². The summed E-state index contributed by atoms with van der Waals surface area (Å²) in [7, 11) is 0. The Morgan fingerprint density at radius 2 is 1.56 bits per heavy atom. The van der Waals surface area contributed by atoms with E-state index in [4.69, 9.17) is 5.73 Å².